The number of rotatable bonds is 7. The molecule has 3 aromatic carbocycles. The van der Waals surface area contributed by atoms with Gasteiger partial charge in [-0.1, -0.05) is 48.5 Å². The van der Waals surface area contributed by atoms with Gasteiger partial charge in [0.25, 0.3) is 5.82 Å². The van der Waals surface area contributed by atoms with Crippen LogP contribution in [0.25, 0.3) is 11.0 Å². The third-order valence-corrected chi connectivity index (χ3v) is 4.25. The molecule has 0 atom stereocenters. The Kier molecular flexibility index (Phi) is 4.83. The highest BCUT2D eigenvalue weighted by Gasteiger charge is 2.18. The lowest BCUT2D eigenvalue weighted by Crippen LogP contribution is -2.40. The second kappa shape index (κ2) is 7.74. The highest BCUT2D eigenvalue weighted by molar-refractivity contribution is 5.71. The number of nitrogens with one attached hydrogen (secondary N) is 1. The van der Waals surface area contributed by atoms with Crippen LogP contribution in [0, 0.1) is 0 Å². The SMILES string of the molecule is c1ccc(OCC[n+]2c(COc3ccccc3)[nH]c3ccccc32)cc1. The van der Waals surface area contributed by atoms with Crippen molar-refractivity contribution >= 4 is 11.0 Å². The van der Waals surface area contributed by atoms with Crippen LogP contribution in [-0.2, 0) is 13.2 Å². The van der Waals surface area contributed by atoms with E-state index in [2.05, 4.69) is 21.7 Å². The fourth-order valence-corrected chi connectivity index (χ4v) is 2.99. The van der Waals surface area contributed by atoms with Crippen LogP contribution in [0.2, 0.25) is 0 Å². The summed E-state index contributed by atoms with van der Waals surface area (Å²) in [7, 11) is 0. The molecule has 26 heavy (non-hydrogen) atoms. The summed E-state index contributed by atoms with van der Waals surface area (Å²) < 4.78 is 14.0. The Bertz CT molecular complexity index is 965. The maximum atomic E-state index is 5.93. The molecule has 1 aromatic heterocycles. The average Bonchev–Trinajstić information content (AvgIpc) is 3.06. The van der Waals surface area contributed by atoms with Gasteiger partial charge in [0.2, 0.25) is 0 Å². The molecule has 4 heteroatoms. The zero-order valence-corrected chi connectivity index (χ0v) is 14.5. The summed E-state index contributed by atoms with van der Waals surface area (Å²) >= 11 is 0. The largest absolute Gasteiger partial charge is 0.489 e. The predicted octanol–water partition coefficient (Wildman–Crippen LogP) is 4.11. The van der Waals surface area contributed by atoms with E-state index in [9.17, 15) is 0 Å². The molecule has 0 aliphatic rings. The summed E-state index contributed by atoms with van der Waals surface area (Å²) in [5.41, 5.74) is 2.25. The topological polar surface area (TPSA) is 38.1 Å². The molecule has 130 valence electrons. The van der Waals surface area contributed by atoms with Crippen LogP contribution in [0.15, 0.2) is 84.9 Å². The number of aromatic amines is 1. The van der Waals surface area contributed by atoms with Gasteiger partial charge in [0.05, 0.1) is 0 Å². The minimum absolute atomic E-state index is 0.476. The number of imidazole rings is 1. The molecule has 0 aliphatic carbocycles. The maximum absolute atomic E-state index is 5.93. The highest BCUT2D eigenvalue weighted by atomic mass is 16.5. The van der Waals surface area contributed by atoms with Gasteiger partial charge in [0.1, 0.15) is 24.7 Å². The number of hydrogen-bond donors (Lipinski definition) is 1. The van der Waals surface area contributed by atoms with Crippen molar-refractivity contribution in [1.29, 1.82) is 0 Å². The average molecular weight is 345 g/mol. The lowest BCUT2D eigenvalue weighted by atomic mass is 10.3. The number of H-pyrrole nitrogens is 1. The van der Waals surface area contributed by atoms with E-state index in [1.54, 1.807) is 0 Å². The predicted molar refractivity (Wildman–Crippen MR) is 101 cm³/mol. The monoisotopic (exact) mass is 345 g/mol. The van der Waals surface area contributed by atoms with Crippen LogP contribution in [0.1, 0.15) is 5.82 Å². The first-order valence-corrected chi connectivity index (χ1v) is 8.75. The van der Waals surface area contributed by atoms with E-state index in [1.807, 2.05) is 72.8 Å². The standard InChI is InChI=1S/C22H20N2O2/c1-3-9-18(10-4-1)25-16-15-24-21-14-8-7-13-20(21)23-22(24)17-26-19-11-5-2-6-12-19/h1-14H,15-17H2/p+1. The Balaban J connectivity index is 1.51. The molecule has 0 spiro atoms. The molecule has 0 unspecified atom stereocenters. The molecule has 0 bridgehead atoms. The second-order valence-electron chi connectivity index (χ2n) is 6.00. The number of hydrogen-bond acceptors (Lipinski definition) is 2. The fourth-order valence-electron chi connectivity index (χ4n) is 2.99. The Labute approximate surface area is 152 Å². The van der Waals surface area contributed by atoms with Gasteiger partial charge in [-0.3, -0.25) is 0 Å². The van der Waals surface area contributed by atoms with Crippen molar-refractivity contribution in [3.8, 4) is 11.5 Å². The van der Waals surface area contributed by atoms with Crippen LogP contribution in [-0.4, -0.2) is 11.6 Å². The number of nitrogens with zero attached hydrogens (tertiary/aromatic N) is 1. The normalized spacial score (nSPS) is 10.8. The van der Waals surface area contributed by atoms with E-state index in [-0.39, 0.29) is 0 Å². The van der Waals surface area contributed by atoms with Gasteiger partial charge in [-0.2, -0.15) is 0 Å². The van der Waals surface area contributed by atoms with E-state index < -0.39 is 0 Å². The molecule has 4 rings (SSSR count). The van der Waals surface area contributed by atoms with Crippen molar-refractivity contribution < 1.29 is 14.0 Å². The molecule has 4 nitrogen and oxygen atoms in total. The van der Waals surface area contributed by atoms with Crippen LogP contribution in [0.3, 0.4) is 0 Å². The zero-order valence-electron chi connectivity index (χ0n) is 14.5. The van der Waals surface area contributed by atoms with Gasteiger partial charge in [-0.25, -0.2) is 9.55 Å². The molecule has 0 saturated heterocycles. The number of fused-ring (bicyclic) bond motifs is 1. The maximum Gasteiger partial charge on any atom is 0.293 e. The number of benzene rings is 3. The van der Waals surface area contributed by atoms with Crippen LogP contribution >= 0.6 is 0 Å². The number of ether oxygens (including phenoxy) is 2. The van der Waals surface area contributed by atoms with E-state index in [4.69, 9.17) is 9.47 Å². The minimum Gasteiger partial charge on any atom is -0.489 e. The zero-order chi connectivity index (χ0) is 17.6. The summed E-state index contributed by atoms with van der Waals surface area (Å²) in [4.78, 5) is 3.47. The van der Waals surface area contributed by atoms with E-state index >= 15 is 0 Å². The second-order valence-corrected chi connectivity index (χ2v) is 6.00. The van der Waals surface area contributed by atoms with Gasteiger partial charge in [-0.15, -0.1) is 0 Å². The summed E-state index contributed by atoms with van der Waals surface area (Å²) in [6.07, 6.45) is 0. The number of para-hydroxylation sites is 4. The number of aromatic nitrogens is 2. The van der Waals surface area contributed by atoms with Crippen LogP contribution < -0.4 is 14.0 Å². The van der Waals surface area contributed by atoms with Crippen molar-refractivity contribution in [2.45, 2.75) is 13.2 Å². The third-order valence-electron chi connectivity index (χ3n) is 4.25. The van der Waals surface area contributed by atoms with E-state index in [0.717, 1.165) is 34.9 Å². The van der Waals surface area contributed by atoms with Crippen molar-refractivity contribution in [1.82, 2.24) is 4.98 Å². The first-order valence-electron chi connectivity index (χ1n) is 8.75. The summed E-state index contributed by atoms with van der Waals surface area (Å²) in [5, 5.41) is 0. The molecule has 0 fully saturated rings. The lowest BCUT2D eigenvalue weighted by molar-refractivity contribution is -0.681. The van der Waals surface area contributed by atoms with Gasteiger partial charge in [-0.05, 0) is 36.4 Å². The Morgan fingerprint density at radius 1 is 0.692 bits per heavy atom. The van der Waals surface area contributed by atoms with Gasteiger partial charge in [0, 0.05) is 0 Å². The van der Waals surface area contributed by atoms with Crippen molar-refractivity contribution in [2.24, 2.45) is 0 Å². The Hall–Kier alpha value is -3.27. The Morgan fingerprint density at radius 2 is 1.31 bits per heavy atom. The lowest BCUT2D eigenvalue weighted by Gasteiger charge is -2.07. The van der Waals surface area contributed by atoms with Crippen molar-refractivity contribution in [2.75, 3.05) is 6.61 Å². The first kappa shape index (κ1) is 16.2. The third kappa shape index (κ3) is 3.70. The molecule has 0 saturated carbocycles. The molecular weight excluding hydrogens is 324 g/mol. The molecule has 0 aliphatic heterocycles. The van der Waals surface area contributed by atoms with Crippen LogP contribution in [0.4, 0.5) is 0 Å². The molecular formula is C22H21N2O2+. The Morgan fingerprint density at radius 3 is 2.04 bits per heavy atom. The summed E-state index contributed by atoms with van der Waals surface area (Å²) in [6, 6.07) is 28.0. The quantitative estimate of drug-likeness (QED) is 0.512. The van der Waals surface area contributed by atoms with E-state index in [0.29, 0.717) is 13.2 Å². The van der Waals surface area contributed by atoms with Crippen molar-refractivity contribution in [3.63, 3.8) is 0 Å². The molecule has 4 aromatic rings. The smallest absolute Gasteiger partial charge is 0.293 e. The summed E-state index contributed by atoms with van der Waals surface area (Å²) in [5.74, 6) is 2.76. The minimum atomic E-state index is 0.476. The van der Waals surface area contributed by atoms with Gasteiger partial charge >= 0.3 is 0 Å². The first-order chi connectivity index (χ1) is 12.9. The van der Waals surface area contributed by atoms with E-state index in [1.165, 1.54) is 0 Å². The fraction of sp³-hybridized carbons (Fsp3) is 0.136. The highest BCUT2D eigenvalue weighted by Crippen LogP contribution is 2.13. The van der Waals surface area contributed by atoms with Crippen LogP contribution in [0.5, 0.6) is 11.5 Å². The molecule has 0 radical (unpaired) electrons. The van der Waals surface area contributed by atoms with Gasteiger partial charge < -0.3 is 9.47 Å². The molecule has 1 N–H and O–H groups in total. The molecule has 1 heterocycles. The molecule has 0 amide bonds. The van der Waals surface area contributed by atoms with Gasteiger partial charge in [0.15, 0.2) is 17.6 Å². The van der Waals surface area contributed by atoms with Crippen molar-refractivity contribution in [3.05, 3.63) is 90.8 Å². The summed E-state index contributed by atoms with van der Waals surface area (Å²) in [6.45, 7) is 1.81.